The fraction of sp³-hybridized carbons (Fsp3) is 0.917. The van der Waals surface area contributed by atoms with Crippen molar-refractivity contribution in [2.75, 3.05) is 19.7 Å². The van der Waals surface area contributed by atoms with Gasteiger partial charge in [-0.15, -0.1) is 0 Å². The zero-order valence-corrected chi connectivity index (χ0v) is 10.0. The molecule has 4 heteroatoms. The van der Waals surface area contributed by atoms with Crippen molar-refractivity contribution in [2.45, 2.75) is 44.6 Å². The van der Waals surface area contributed by atoms with Crippen LogP contribution in [-0.2, 0) is 4.79 Å². The number of hydrogen-bond acceptors (Lipinski definition) is 3. The maximum atomic E-state index is 12.1. The quantitative estimate of drug-likeness (QED) is 0.650. The SMILES string of the molecule is CC1(C(=O)NCC2(CO)CC2)CCCCN1. The summed E-state index contributed by atoms with van der Waals surface area (Å²) in [7, 11) is 0. The van der Waals surface area contributed by atoms with Crippen molar-refractivity contribution >= 4 is 5.91 Å². The Morgan fingerprint density at radius 1 is 1.38 bits per heavy atom. The molecule has 2 rings (SSSR count). The molecule has 1 saturated carbocycles. The van der Waals surface area contributed by atoms with Crippen molar-refractivity contribution in [1.29, 1.82) is 0 Å². The summed E-state index contributed by atoms with van der Waals surface area (Å²) in [6.07, 6.45) is 5.25. The van der Waals surface area contributed by atoms with Crippen molar-refractivity contribution in [1.82, 2.24) is 10.6 Å². The highest BCUT2D eigenvalue weighted by molar-refractivity contribution is 5.86. The molecule has 0 radical (unpaired) electrons. The highest BCUT2D eigenvalue weighted by Gasteiger charge is 2.43. The van der Waals surface area contributed by atoms with Gasteiger partial charge >= 0.3 is 0 Å². The van der Waals surface area contributed by atoms with Gasteiger partial charge in [0.1, 0.15) is 0 Å². The van der Waals surface area contributed by atoms with E-state index in [0.717, 1.165) is 38.6 Å². The minimum atomic E-state index is -0.399. The molecule has 16 heavy (non-hydrogen) atoms. The van der Waals surface area contributed by atoms with Gasteiger partial charge in [0.05, 0.1) is 12.1 Å². The number of rotatable bonds is 4. The normalized spacial score (nSPS) is 32.1. The summed E-state index contributed by atoms with van der Waals surface area (Å²) in [5.41, 5.74) is -0.398. The largest absolute Gasteiger partial charge is 0.396 e. The first kappa shape index (κ1) is 11.9. The van der Waals surface area contributed by atoms with Gasteiger partial charge < -0.3 is 15.7 Å². The average Bonchev–Trinajstić information content (AvgIpc) is 3.07. The van der Waals surface area contributed by atoms with Crippen molar-refractivity contribution in [2.24, 2.45) is 5.41 Å². The van der Waals surface area contributed by atoms with Crippen molar-refractivity contribution < 1.29 is 9.90 Å². The zero-order chi connectivity index (χ0) is 11.6. The molecule has 1 unspecified atom stereocenters. The first-order chi connectivity index (χ1) is 7.60. The zero-order valence-electron chi connectivity index (χ0n) is 10.0. The number of nitrogens with one attached hydrogen (secondary N) is 2. The number of aliphatic hydroxyl groups excluding tert-OH is 1. The third-order valence-electron chi connectivity index (χ3n) is 4.04. The monoisotopic (exact) mass is 226 g/mol. The minimum Gasteiger partial charge on any atom is -0.396 e. The first-order valence-electron chi connectivity index (χ1n) is 6.25. The van der Waals surface area contributed by atoms with E-state index in [2.05, 4.69) is 10.6 Å². The smallest absolute Gasteiger partial charge is 0.240 e. The Labute approximate surface area is 96.8 Å². The summed E-state index contributed by atoms with van der Waals surface area (Å²) in [6, 6.07) is 0. The fourth-order valence-corrected chi connectivity index (χ4v) is 2.28. The number of aliphatic hydroxyl groups is 1. The summed E-state index contributed by atoms with van der Waals surface area (Å²) < 4.78 is 0. The van der Waals surface area contributed by atoms with E-state index >= 15 is 0 Å². The molecule has 2 fully saturated rings. The molecule has 1 atom stereocenters. The van der Waals surface area contributed by atoms with E-state index in [0.29, 0.717) is 6.54 Å². The van der Waals surface area contributed by atoms with Gasteiger partial charge in [-0.25, -0.2) is 0 Å². The molecular weight excluding hydrogens is 204 g/mol. The second-order valence-electron chi connectivity index (χ2n) is 5.56. The maximum absolute atomic E-state index is 12.1. The predicted octanol–water partition coefficient (Wildman–Crippen LogP) is 0.407. The summed E-state index contributed by atoms with van der Waals surface area (Å²) in [5, 5.41) is 15.5. The third kappa shape index (κ3) is 2.38. The van der Waals surface area contributed by atoms with E-state index in [4.69, 9.17) is 0 Å². The van der Waals surface area contributed by atoms with Crippen LogP contribution in [-0.4, -0.2) is 36.2 Å². The van der Waals surface area contributed by atoms with Gasteiger partial charge in [-0.3, -0.25) is 4.79 Å². The molecular formula is C12H22N2O2. The Morgan fingerprint density at radius 2 is 2.12 bits per heavy atom. The number of amides is 1. The highest BCUT2D eigenvalue weighted by atomic mass is 16.3. The molecule has 1 heterocycles. The molecule has 0 aromatic carbocycles. The molecule has 0 aromatic heterocycles. The van der Waals surface area contributed by atoms with E-state index < -0.39 is 5.54 Å². The Morgan fingerprint density at radius 3 is 2.62 bits per heavy atom. The maximum Gasteiger partial charge on any atom is 0.240 e. The van der Waals surface area contributed by atoms with Crippen LogP contribution in [0.1, 0.15) is 39.0 Å². The Bertz CT molecular complexity index is 268. The van der Waals surface area contributed by atoms with Gasteiger partial charge in [-0.2, -0.15) is 0 Å². The van der Waals surface area contributed by atoms with Crippen LogP contribution < -0.4 is 10.6 Å². The molecule has 0 bridgehead atoms. The van der Waals surface area contributed by atoms with Crippen LogP contribution in [0.2, 0.25) is 0 Å². The third-order valence-corrected chi connectivity index (χ3v) is 4.04. The van der Waals surface area contributed by atoms with E-state index in [-0.39, 0.29) is 17.9 Å². The Balaban J connectivity index is 1.82. The Hall–Kier alpha value is -0.610. The van der Waals surface area contributed by atoms with E-state index in [1.807, 2.05) is 6.92 Å². The molecule has 1 aliphatic carbocycles. The van der Waals surface area contributed by atoms with Crippen molar-refractivity contribution in [3.8, 4) is 0 Å². The highest BCUT2D eigenvalue weighted by Crippen LogP contribution is 2.44. The fourth-order valence-electron chi connectivity index (χ4n) is 2.28. The first-order valence-corrected chi connectivity index (χ1v) is 6.25. The number of piperidine rings is 1. The van der Waals surface area contributed by atoms with Crippen LogP contribution in [0.3, 0.4) is 0 Å². The van der Waals surface area contributed by atoms with Gasteiger partial charge in [0.2, 0.25) is 5.91 Å². The number of carbonyl (C=O) groups excluding carboxylic acids is 1. The van der Waals surface area contributed by atoms with Crippen LogP contribution in [0.4, 0.5) is 0 Å². The number of hydrogen-bond donors (Lipinski definition) is 3. The van der Waals surface area contributed by atoms with Crippen LogP contribution in [0.15, 0.2) is 0 Å². The molecule has 4 nitrogen and oxygen atoms in total. The van der Waals surface area contributed by atoms with Gasteiger partial charge in [-0.1, -0.05) is 0 Å². The Kier molecular flexibility index (Phi) is 3.22. The van der Waals surface area contributed by atoms with E-state index in [1.165, 1.54) is 0 Å². The van der Waals surface area contributed by atoms with Crippen molar-refractivity contribution in [3.63, 3.8) is 0 Å². The lowest BCUT2D eigenvalue weighted by molar-refractivity contribution is -0.128. The van der Waals surface area contributed by atoms with E-state index in [1.54, 1.807) is 0 Å². The predicted molar refractivity (Wildman–Crippen MR) is 62.0 cm³/mol. The molecule has 1 amide bonds. The standard InChI is InChI=1S/C12H22N2O2/c1-11(4-2-3-7-14-11)10(16)13-8-12(9-15)5-6-12/h14-15H,2-9H2,1H3,(H,13,16). The molecule has 3 N–H and O–H groups in total. The van der Waals surface area contributed by atoms with Gasteiger partial charge in [0.25, 0.3) is 0 Å². The lowest BCUT2D eigenvalue weighted by Crippen LogP contribution is -2.57. The van der Waals surface area contributed by atoms with Crippen LogP contribution in [0.5, 0.6) is 0 Å². The molecule has 0 spiro atoms. The lowest BCUT2D eigenvalue weighted by Gasteiger charge is -2.33. The average molecular weight is 226 g/mol. The second kappa shape index (κ2) is 4.34. The molecule has 0 aromatic rings. The van der Waals surface area contributed by atoms with Gasteiger partial charge in [-0.05, 0) is 45.6 Å². The molecule has 1 saturated heterocycles. The summed E-state index contributed by atoms with van der Waals surface area (Å²) in [5.74, 6) is 0.0897. The summed E-state index contributed by atoms with van der Waals surface area (Å²) in [6.45, 7) is 3.71. The summed E-state index contributed by atoms with van der Waals surface area (Å²) in [4.78, 5) is 12.1. The molecule has 1 aliphatic heterocycles. The van der Waals surface area contributed by atoms with Crippen LogP contribution >= 0.6 is 0 Å². The second-order valence-corrected chi connectivity index (χ2v) is 5.56. The lowest BCUT2D eigenvalue weighted by atomic mass is 9.90. The topological polar surface area (TPSA) is 61.4 Å². The minimum absolute atomic E-state index is 0.000681. The number of carbonyl (C=O) groups is 1. The van der Waals surface area contributed by atoms with E-state index in [9.17, 15) is 9.90 Å². The summed E-state index contributed by atoms with van der Waals surface area (Å²) >= 11 is 0. The van der Waals surface area contributed by atoms with Gasteiger partial charge in [0, 0.05) is 12.0 Å². The van der Waals surface area contributed by atoms with Crippen LogP contribution in [0, 0.1) is 5.41 Å². The molecule has 92 valence electrons. The van der Waals surface area contributed by atoms with Crippen molar-refractivity contribution in [3.05, 3.63) is 0 Å². The molecule has 2 aliphatic rings. The van der Waals surface area contributed by atoms with Gasteiger partial charge in [0.15, 0.2) is 0 Å². The van der Waals surface area contributed by atoms with Crippen LogP contribution in [0.25, 0.3) is 0 Å².